The van der Waals surface area contributed by atoms with Gasteiger partial charge in [-0.1, -0.05) is 0 Å². The van der Waals surface area contributed by atoms with E-state index in [0.717, 1.165) is 34.2 Å². The van der Waals surface area contributed by atoms with Crippen LogP contribution in [0.2, 0.25) is 0 Å². The van der Waals surface area contributed by atoms with Crippen LogP contribution in [0.1, 0.15) is 42.9 Å². The summed E-state index contributed by atoms with van der Waals surface area (Å²) < 4.78 is 56.0. The number of hydrogen-bond donors (Lipinski definition) is 2. The first-order chi connectivity index (χ1) is 16.5. The molecule has 35 heavy (non-hydrogen) atoms. The number of nitrogens with two attached hydrogens (primary N) is 1. The normalized spacial score (nSPS) is 11.4. The highest BCUT2D eigenvalue weighted by atomic mass is 32.1. The molecule has 1 aromatic carbocycles. The van der Waals surface area contributed by atoms with Crippen LogP contribution in [0.4, 0.5) is 23.2 Å². The van der Waals surface area contributed by atoms with Crippen LogP contribution in [0.15, 0.2) is 29.6 Å². The zero-order valence-electron chi connectivity index (χ0n) is 17.6. The van der Waals surface area contributed by atoms with Gasteiger partial charge in [-0.3, -0.25) is 14.3 Å². The molecule has 2 amide bonds. The number of nitriles is 1. The molecular formula is C21H13F4N7O2S. The number of benzene rings is 1. The van der Waals surface area contributed by atoms with Gasteiger partial charge in [-0.05, 0) is 25.1 Å². The van der Waals surface area contributed by atoms with Gasteiger partial charge in [-0.2, -0.15) is 23.5 Å². The molecule has 14 heteroatoms. The number of carbonyl (C=O) groups is 2. The van der Waals surface area contributed by atoms with E-state index in [1.54, 1.807) is 0 Å². The van der Waals surface area contributed by atoms with E-state index in [4.69, 9.17) is 11.0 Å². The molecule has 4 rings (SSSR count). The summed E-state index contributed by atoms with van der Waals surface area (Å²) in [6, 6.07) is 6.08. The molecule has 3 aromatic heterocycles. The summed E-state index contributed by atoms with van der Waals surface area (Å²) >= 11 is 1.03. The molecule has 0 fully saturated rings. The molecule has 0 unspecified atom stereocenters. The van der Waals surface area contributed by atoms with Gasteiger partial charge in [-0.25, -0.2) is 14.4 Å². The topological polar surface area (TPSA) is 140 Å². The lowest BCUT2D eigenvalue weighted by Gasteiger charge is -2.11. The van der Waals surface area contributed by atoms with Crippen molar-refractivity contribution in [3.8, 4) is 6.07 Å². The van der Waals surface area contributed by atoms with E-state index >= 15 is 0 Å². The first-order valence-corrected chi connectivity index (χ1v) is 10.6. The van der Waals surface area contributed by atoms with Gasteiger partial charge in [0.15, 0.2) is 10.7 Å². The summed E-state index contributed by atoms with van der Waals surface area (Å²) in [7, 11) is 0. The van der Waals surface area contributed by atoms with Crippen LogP contribution in [-0.2, 0) is 12.7 Å². The van der Waals surface area contributed by atoms with E-state index in [-0.39, 0.29) is 39.4 Å². The molecule has 3 N–H and O–H groups in total. The molecule has 0 aliphatic carbocycles. The third-order valence-corrected chi connectivity index (χ3v) is 5.74. The monoisotopic (exact) mass is 503 g/mol. The Labute approximate surface area is 197 Å². The molecule has 4 aromatic rings. The van der Waals surface area contributed by atoms with Crippen LogP contribution in [0.5, 0.6) is 0 Å². The number of amides is 2. The Morgan fingerprint density at radius 3 is 2.63 bits per heavy atom. The zero-order chi connectivity index (χ0) is 25.5. The van der Waals surface area contributed by atoms with E-state index in [0.29, 0.717) is 5.69 Å². The lowest BCUT2D eigenvalue weighted by molar-refractivity contribution is -0.140. The van der Waals surface area contributed by atoms with E-state index in [1.807, 2.05) is 6.07 Å². The van der Waals surface area contributed by atoms with Gasteiger partial charge in [0.05, 0.1) is 34.7 Å². The quantitative estimate of drug-likeness (QED) is 0.399. The smallest absolute Gasteiger partial charge is 0.364 e. The van der Waals surface area contributed by atoms with Gasteiger partial charge >= 0.3 is 6.18 Å². The minimum atomic E-state index is -4.92. The van der Waals surface area contributed by atoms with Gasteiger partial charge in [0, 0.05) is 16.8 Å². The maximum Gasteiger partial charge on any atom is 0.437 e. The highest BCUT2D eigenvalue weighted by Crippen LogP contribution is 2.36. The van der Waals surface area contributed by atoms with Crippen molar-refractivity contribution in [2.75, 3.05) is 5.32 Å². The van der Waals surface area contributed by atoms with Crippen molar-refractivity contribution in [2.45, 2.75) is 19.6 Å². The average molecular weight is 503 g/mol. The largest absolute Gasteiger partial charge is 0.437 e. The molecule has 178 valence electrons. The molecule has 9 nitrogen and oxygen atoms in total. The molecule has 0 bridgehead atoms. The number of aromatic nitrogens is 4. The number of alkyl halides is 3. The average Bonchev–Trinajstić information content (AvgIpc) is 3.37. The Morgan fingerprint density at radius 2 is 2.00 bits per heavy atom. The van der Waals surface area contributed by atoms with Gasteiger partial charge < -0.3 is 11.1 Å². The maximum absolute atomic E-state index is 13.8. The molecule has 0 spiro atoms. The highest BCUT2D eigenvalue weighted by molar-refractivity contribution is 7.10. The van der Waals surface area contributed by atoms with Gasteiger partial charge in [0.25, 0.3) is 11.8 Å². The number of rotatable bonds is 5. The Bertz CT molecular complexity index is 1540. The zero-order valence-corrected chi connectivity index (χ0v) is 18.5. The summed E-state index contributed by atoms with van der Waals surface area (Å²) in [5, 5.41) is 16.5. The van der Waals surface area contributed by atoms with Crippen molar-refractivity contribution >= 4 is 39.7 Å². The number of halogens is 4. The fraction of sp³-hybridized carbons (Fsp3) is 0.143. The van der Waals surface area contributed by atoms with Crippen molar-refractivity contribution in [1.29, 1.82) is 5.26 Å². The molecule has 0 atom stereocenters. The number of pyridine rings is 1. The van der Waals surface area contributed by atoms with Crippen molar-refractivity contribution < 1.29 is 27.2 Å². The molecule has 0 radical (unpaired) electrons. The first-order valence-electron chi connectivity index (χ1n) is 9.68. The number of primary amides is 1. The van der Waals surface area contributed by atoms with Crippen molar-refractivity contribution in [2.24, 2.45) is 5.73 Å². The van der Waals surface area contributed by atoms with Crippen LogP contribution in [0.25, 0.3) is 10.9 Å². The summed E-state index contributed by atoms with van der Waals surface area (Å²) in [4.78, 5) is 32.6. The Kier molecular flexibility index (Phi) is 5.95. The maximum atomic E-state index is 13.8. The molecule has 0 aliphatic heterocycles. The van der Waals surface area contributed by atoms with Crippen molar-refractivity contribution in [3.05, 3.63) is 68.8 Å². The second kappa shape index (κ2) is 8.76. The number of anilines is 1. The lowest BCUT2D eigenvalue weighted by Crippen LogP contribution is -2.19. The van der Waals surface area contributed by atoms with Crippen LogP contribution >= 0.6 is 11.3 Å². The number of fused-ring (bicyclic) bond motifs is 1. The standard InChI is InChI=1S/C21H13F4N7O2S/c1-9-17(18(21(23,24)25)31-32(9)7-11-8-35-16(6-26)28-11)30-20(34)13-5-15(19(27)33)29-14-4-10(22)2-3-12(13)14/h2-5,8H,7H2,1H3,(H2,27,33)(H,30,34). The summed E-state index contributed by atoms with van der Waals surface area (Å²) in [6.45, 7) is 1.15. The molecule has 0 aliphatic rings. The number of hydrogen-bond acceptors (Lipinski definition) is 7. The van der Waals surface area contributed by atoms with Crippen molar-refractivity contribution in [3.63, 3.8) is 0 Å². The van der Waals surface area contributed by atoms with E-state index in [2.05, 4.69) is 20.4 Å². The molecular weight excluding hydrogens is 490 g/mol. The minimum absolute atomic E-state index is 0.0308. The fourth-order valence-electron chi connectivity index (χ4n) is 3.33. The molecule has 0 saturated heterocycles. The second-order valence-electron chi connectivity index (χ2n) is 7.26. The second-order valence-corrected chi connectivity index (χ2v) is 8.11. The van der Waals surface area contributed by atoms with Gasteiger partial charge in [0.1, 0.15) is 17.6 Å². The summed E-state index contributed by atoms with van der Waals surface area (Å²) in [5.74, 6) is -2.72. The first kappa shape index (κ1) is 23.8. The number of nitrogens with one attached hydrogen (secondary N) is 1. The molecule has 0 saturated carbocycles. The molecule has 3 heterocycles. The Balaban J connectivity index is 1.78. The van der Waals surface area contributed by atoms with Gasteiger partial charge in [-0.15, -0.1) is 11.3 Å². The Hall–Kier alpha value is -4.38. The van der Waals surface area contributed by atoms with Crippen LogP contribution < -0.4 is 11.1 Å². The van der Waals surface area contributed by atoms with Crippen molar-refractivity contribution in [1.82, 2.24) is 19.7 Å². The third-order valence-electron chi connectivity index (χ3n) is 4.94. The van der Waals surface area contributed by atoms with Crippen LogP contribution in [-0.4, -0.2) is 31.6 Å². The third kappa shape index (κ3) is 4.66. The van der Waals surface area contributed by atoms with Crippen LogP contribution in [0.3, 0.4) is 0 Å². The van der Waals surface area contributed by atoms with E-state index < -0.39 is 35.2 Å². The van der Waals surface area contributed by atoms with Crippen LogP contribution in [0, 0.1) is 24.1 Å². The van der Waals surface area contributed by atoms with E-state index in [1.165, 1.54) is 18.4 Å². The SMILES string of the molecule is Cc1c(NC(=O)c2cc(C(N)=O)nc3cc(F)ccc23)c(C(F)(F)F)nn1Cc1csc(C#N)n1. The van der Waals surface area contributed by atoms with E-state index in [9.17, 15) is 27.2 Å². The highest BCUT2D eigenvalue weighted by Gasteiger charge is 2.39. The lowest BCUT2D eigenvalue weighted by atomic mass is 10.1. The Morgan fingerprint density at radius 1 is 1.26 bits per heavy atom. The predicted molar refractivity (Wildman–Crippen MR) is 116 cm³/mol. The minimum Gasteiger partial charge on any atom is -0.364 e. The number of carbonyl (C=O) groups excluding carboxylic acids is 2. The summed E-state index contributed by atoms with van der Waals surface area (Å²) in [5.41, 5.74) is 2.90. The van der Waals surface area contributed by atoms with Gasteiger partial charge in [0.2, 0.25) is 0 Å². The number of nitrogens with zero attached hydrogens (tertiary/aromatic N) is 5. The summed E-state index contributed by atoms with van der Waals surface area (Å²) in [6.07, 6.45) is -4.92. The number of thiazole rings is 1. The predicted octanol–water partition coefficient (Wildman–Crippen LogP) is 3.63. The fourth-order valence-corrected chi connectivity index (χ4v) is 3.93.